The SMILES string of the molecule is CC(C)c1nccn1Cc1cccc(NC(=O)C2(c3ccccc3)CCOCC2)c1. The number of imidazole rings is 1. The van der Waals surface area contributed by atoms with Gasteiger partial charge in [0, 0.05) is 43.8 Å². The summed E-state index contributed by atoms with van der Waals surface area (Å²) in [4.78, 5) is 17.9. The number of benzene rings is 2. The number of nitrogens with one attached hydrogen (secondary N) is 1. The van der Waals surface area contributed by atoms with Gasteiger partial charge in [-0.25, -0.2) is 4.98 Å². The fraction of sp³-hybridized carbons (Fsp3) is 0.360. The highest BCUT2D eigenvalue weighted by molar-refractivity contribution is 5.99. The zero-order valence-electron chi connectivity index (χ0n) is 17.7. The average Bonchev–Trinajstić information content (AvgIpc) is 3.23. The van der Waals surface area contributed by atoms with E-state index >= 15 is 0 Å². The summed E-state index contributed by atoms with van der Waals surface area (Å²) in [5.41, 5.74) is 2.46. The summed E-state index contributed by atoms with van der Waals surface area (Å²) in [5, 5.41) is 3.19. The number of anilines is 1. The zero-order valence-corrected chi connectivity index (χ0v) is 17.7. The number of aromatic nitrogens is 2. The molecule has 0 aliphatic carbocycles. The molecule has 0 unspecified atom stereocenters. The molecule has 0 atom stereocenters. The molecule has 5 nitrogen and oxygen atoms in total. The Hall–Kier alpha value is -2.92. The molecule has 0 bridgehead atoms. The normalized spacial score (nSPS) is 15.8. The molecule has 156 valence electrons. The molecule has 1 saturated heterocycles. The van der Waals surface area contributed by atoms with Crippen molar-refractivity contribution in [3.8, 4) is 0 Å². The molecule has 30 heavy (non-hydrogen) atoms. The van der Waals surface area contributed by atoms with Crippen molar-refractivity contribution in [1.82, 2.24) is 9.55 Å². The van der Waals surface area contributed by atoms with Gasteiger partial charge in [-0.1, -0.05) is 56.3 Å². The highest BCUT2D eigenvalue weighted by Gasteiger charge is 2.41. The minimum absolute atomic E-state index is 0.0413. The number of carbonyl (C=O) groups is 1. The Balaban J connectivity index is 1.55. The summed E-state index contributed by atoms with van der Waals surface area (Å²) in [6, 6.07) is 18.2. The van der Waals surface area contributed by atoms with E-state index in [1.165, 1.54) is 0 Å². The first-order chi connectivity index (χ1) is 14.6. The molecule has 3 aromatic rings. The number of amides is 1. The van der Waals surface area contributed by atoms with E-state index in [4.69, 9.17) is 4.74 Å². The fourth-order valence-corrected chi connectivity index (χ4v) is 4.27. The van der Waals surface area contributed by atoms with Crippen LogP contribution >= 0.6 is 0 Å². The lowest BCUT2D eigenvalue weighted by atomic mass is 9.73. The van der Waals surface area contributed by atoms with E-state index in [0.717, 1.165) is 29.2 Å². The van der Waals surface area contributed by atoms with Crippen LogP contribution in [0.3, 0.4) is 0 Å². The Kier molecular flexibility index (Phi) is 6.00. The Morgan fingerprint density at radius 2 is 1.90 bits per heavy atom. The molecule has 0 radical (unpaired) electrons. The summed E-state index contributed by atoms with van der Waals surface area (Å²) in [6.45, 7) is 6.22. The van der Waals surface area contributed by atoms with Crippen molar-refractivity contribution in [1.29, 1.82) is 0 Å². The van der Waals surface area contributed by atoms with E-state index < -0.39 is 5.41 Å². The molecule has 2 aromatic carbocycles. The lowest BCUT2D eigenvalue weighted by Gasteiger charge is -2.36. The van der Waals surface area contributed by atoms with Gasteiger partial charge in [-0.3, -0.25) is 4.79 Å². The standard InChI is InChI=1S/C25H29N3O2/c1-19(2)23-26-13-14-28(23)18-20-7-6-10-22(17-20)27-24(29)25(11-15-30-16-12-25)21-8-4-3-5-9-21/h3-10,13-14,17,19H,11-12,15-16,18H2,1-2H3,(H,27,29). The third-order valence-corrected chi connectivity index (χ3v) is 5.91. The van der Waals surface area contributed by atoms with Gasteiger partial charge in [-0.2, -0.15) is 0 Å². The maximum absolute atomic E-state index is 13.5. The lowest BCUT2D eigenvalue weighted by molar-refractivity contribution is -0.125. The smallest absolute Gasteiger partial charge is 0.235 e. The molecule has 1 amide bonds. The van der Waals surface area contributed by atoms with Crippen molar-refractivity contribution in [2.24, 2.45) is 0 Å². The Bertz CT molecular complexity index is 988. The van der Waals surface area contributed by atoms with Crippen LogP contribution in [0.15, 0.2) is 67.0 Å². The molecule has 1 aromatic heterocycles. The van der Waals surface area contributed by atoms with Gasteiger partial charge in [-0.15, -0.1) is 0 Å². The monoisotopic (exact) mass is 403 g/mol. The number of nitrogens with zero attached hydrogens (tertiary/aromatic N) is 2. The summed E-state index contributed by atoms with van der Waals surface area (Å²) in [6.07, 6.45) is 5.23. The second kappa shape index (κ2) is 8.84. The largest absolute Gasteiger partial charge is 0.381 e. The van der Waals surface area contributed by atoms with E-state index in [1.807, 2.05) is 54.9 Å². The van der Waals surface area contributed by atoms with Crippen LogP contribution in [-0.4, -0.2) is 28.7 Å². The second-order valence-electron chi connectivity index (χ2n) is 8.28. The maximum Gasteiger partial charge on any atom is 0.235 e. The highest BCUT2D eigenvalue weighted by Crippen LogP contribution is 2.36. The Morgan fingerprint density at radius 3 is 2.63 bits per heavy atom. The molecular weight excluding hydrogens is 374 g/mol. The number of ether oxygens (including phenoxy) is 1. The number of rotatable bonds is 6. The molecule has 1 aliphatic heterocycles. The molecule has 1 N–H and O–H groups in total. The fourth-order valence-electron chi connectivity index (χ4n) is 4.27. The van der Waals surface area contributed by atoms with Crippen LogP contribution in [-0.2, 0) is 21.5 Å². The molecule has 2 heterocycles. The molecule has 4 rings (SSSR count). The molecular formula is C25H29N3O2. The third-order valence-electron chi connectivity index (χ3n) is 5.91. The van der Waals surface area contributed by atoms with Gasteiger partial charge in [0.25, 0.3) is 0 Å². The highest BCUT2D eigenvalue weighted by atomic mass is 16.5. The van der Waals surface area contributed by atoms with Crippen LogP contribution in [0.4, 0.5) is 5.69 Å². The lowest BCUT2D eigenvalue weighted by Crippen LogP contribution is -2.44. The van der Waals surface area contributed by atoms with Crippen molar-refractivity contribution < 1.29 is 9.53 Å². The summed E-state index contributed by atoms with van der Waals surface area (Å²) < 4.78 is 7.73. The first-order valence-corrected chi connectivity index (χ1v) is 10.6. The molecule has 0 saturated carbocycles. The zero-order chi connectivity index (χ0) is 21.0. The predicted molar refractivity (Wildman–Crippen MR) is 119 cm³/mol. The minimum atomic E-state index is -0.551. The first kappa shape index (κ1) is 20.4. The van der Waals surface area contributed by atoms with Gasteiger partial charge in [0.1, 0.15) is 5.82 Å². The van der Waals surface area contributed by atoms with Gasteiger partial charge in [0.05, 0.1) is 5.41 Å². The van der Waals surface area contributed by atoms with E-state index in [2.05, 4.69) is 40.8 Å². The van der Waals surface area contributed by atoms with Crippen LogP contribution in [0.2, 0.25) is 0 Å². The number of carbonyl (C=O) groups excluding carboxylic acids is 1. The maximum atomic E-state index is 13.5. The minimum Gasteiger partial charge on any atom is -0.381 e. The van der Waals surface area contributed by atoms with E-state index in [0.29, 0.717) is 32.0 Å². The van der Waals surface area contributed by atoms with Gasteiger partial charge < -0.3 is 14.6 Å². The van der Waals surface area contributed by atoms with Crippen LogP contribution in [0, 0.1) is 0 Å². The summed E-state index contributed by atoms with van der Waals surface area (Å²) in [5.74, 6) is 1.47. The average molecular weight is 404 g/mol. The van der Waals surface area contributed by atoms with Gasteiger partial charge in [-0.05, 0) is 36.1 Å². The molecule has 0 spiro atoms. The van der Waals surface area contributed by atoms with Crippen molar-refractivity contribution in [3.05, 3.63) is 83.9 Å². The first-order valence-electron chi connectivity index (χ1n) is 10.6. The van der Waals surface area contributed by atoms with Crippen molar-refractivity contribution in [2.45, 2.75) is 44.6 Å². The van der Waals surface area contributed by atoms with E-state index in [-0.39, 0.29) is 5.91 Å². The van der Waals surface area contributed by atoms with Gasteiger partial charge >= 0.3 is 0 Å². The Labute approximate surface area is 178 Å². The third kappa shape index (κ3) is 4.17. The van der Waals surface area contributed by atoms with Crippen LogP contribution in [0.1, 0.15) is 49.6 Å². The van der Waals surface area contributed by atoms with Crippen molar-refractivity contribution in [3.63, 3.8) is 0 Å². The van der Waals surface area contributed by atoms with E-state index in [9.17, 15) is 4.79 Å². The quantitative estimate of drug-likeness (QED) is 0.647. The van der Waals surface area contributed by atoms with Crippen molar-refractivity contribution >= 4 is 11.6 Å². The van der Waals surface area contributed by atoms with Crippen LogP contribution in [0.25, 0.3) is 0 Å². The van der Waals surface area contributed by atoms with Gasteiger partial charge in [0.15, 0.2) is 0 Å². The van der Waals surface area contributed by atoms with Crippen molar-refractivity contribution in [2.75, 3.05) is 18.5 Å². The molecule has 1 fully saturated rings. The number of hydrogen-bond acceptors (Lipinski definition) is 3. The topological polar surface area (TPSA) is 56.2 Å². The van der Waals surface area contributed by atoms with E-state index in [1.54, 1.807) is 0 Å². The van der Waals surface area contributed by atoms with Gasteiger partial charge in [0.2, 0.25) is 5.91 Å². The predicted octanol–water partition coefficient (Wildman–Crippen LogP) is 4.74. The number of hydrogen-bond donors (Lipinski definition) is 1. The summed E-state index contributed by atoms with van der Waals surface area (Å²) in [7, 11) is 0. The Morgan fingerprint density at radius 1 is 1.13 bits per heavy atom. The van der Waals surface area contributed by atoms with Crippen LogP contribution in [0.5, 0.6) is 0 Å². The summed E-state index contributed by atoms with van der Waals surface area (Å²) >= 11 is 0. The molecule has 1 aliphatic rings. The van der Waals surface area contributed by atoms with Crippen LogP contribution < -0.4 is 5.32 Å². The second-order valence-corrected chi connectivity index (χ2v) is 8.28. The molecule has 5 heteroatoms.